The summed E-state index contributed by atoms with van der Waals surface area (Å²) < 4.78 is 1.18. The molecular weight excluding hydrogens is 276 g/mol. The molecular formula is C14H23BrN2. The van der Waals surface area contributed by atoms with Gasteiger partial charge in [0.2, 0.25) is 0 Å². The molecule has 17 heavy (non-hydrogen) atoms. The normalized spacial score (nSPS) is 12.5. The number of nitrogens with zero attached hydrogens (tertiary/aromatic N) is 1. The van der Waals surface area contributed by atoms with Crippen molar-refractivity contribution in [1.29, 1.82) is 0 Å². The van der Waals surface area contributed by atoms with Crippen molar-refractivity contribution in [3.8, 4) is 0 Å². The van der Waals surface area contributed by atoms with Crippen LogP contribution in [0, 0.1) is 0 Å². The van der Waals surface area contributed by atoms with Gasteiger partial charge in [-0.1, -0.05) is 35.3 Å². The average Bonchev–Trinajstić information content (AvgIpc) is 2.31. The van der Waals surface area contributed by atoms with E-state index in [0.717, 1.165) is 6.54 Å². The van der Waals surface area contributed by atoms with E-state index in [-0.39, 0.29) is 0 Å². The van der Waals surface area contributed by atoms with Gasteiger partial charge in [0.15, 0.2) is 0 Å². The third kappa shape index (κ3) is 4.00. The van der Waals surface area contributed by atoms with E-state index in [4.69, 9.17) is 0 Å². The molecule has 0 heterocycles. The molecule has 1 N–H and O–H groups in total. The van der Waals surface area contributed by atoms with Gasteiger partial charge in [-0.25, -0.2) is 0 Å². The quantitative estimate of drug-likeness (QED) is 0.859. The van der Waals surface area contributed by atoms with E-state index in [1.165, 1.54) is 28.6 Å². The summed E-state index contributed by atoms with van der Waals surface area (Å²) in [6.45, 7) is 5.41. The Morgan fingerprint density at radius 3 is 2.65 bits per heavy atom. The largest absolute Gasteiger partial charge is 0.372 e. The number of benzene rings is 1. The lowest BCUT2D eigenvalue weighted by Crippen LogP contribution is -2.28. The Hall–Kier alpha value is -0.540. The first-order valence-electron chi connectivity index (χ1n) is 6.26. The predicted molar refractivity (Wildman–Crippen MR) is 79.7 cm³/mol. The van der Waals surface area contributed by atoms with Crippen LogP contribution in [0.3, 0.4) is 0 Å². The van der Waals surface area contributed by atoms with Crippen LogP contribution in [0.2, 0.25) is 0 Å². The van der Waals surface area contributed by atoms with E-state index in [1.807, 2.05) is 7.05 Å². The fraction of sp³-hybridized carbons (Fsp3) is 0.571. The summed E-state index contributed by atoms with van der Waals surface area (Å²) in [5.41, 5.74) is 2.57. The van der Waals surface area contributed by atoms with E-state index < -0.39 is 0 Å². The van der Waals surface area contributed by atoms with Gasteiger partial charge >= 0.3 is 0 Å². The second-order valence-electron chi connectivity index (χ2n) is 4.55. The van der Waals surface area contributed by atoms with E-state index in [2.05, 4.69) is 65.2 Å². The van der Waals surface area contributed by atoms with Crippen LogP contribution in [0.15, 0.2) is 22.7 Å². The van der Waals surface area contributed by atoms with Gasteiger partial charge in [0, 0.05) is 29.8 Å². The molecule has 0 aliphatic rings. The van der Waals surface area contributed by atoms with Crippen LogP contribution in [-0.2, 0) is 6.54 Å². The standard InChI is InChI=1S/C14H23BrN2/c1-5-6-11(2)17(4)13-8-7-12(10-16-3)14(15)9-13/h7-9,11,16H,5-6,10H2,1-4H3. The first-order chi connectivity index (χ1) is 8.10. The number of rotatable bonds is 6. The highest BCUT2D eigenvalue weighted by molar-refractivity contribution is 9.10. The van der Waals surface area contributed by atoms with E-state index in [0.29, 0.717) is 6.04 Å². The van der Waals surface area contributed by atoms with Crippen molar-refractivity contribution in [2.45, 2.75) is 39.3 Å². The highest BCUT2D eigenvalue weighted by Crippen LogP contribution is 2.25. The van der Waals surface area contributed by atoms with Crippen molar-refractivity contribution in [3.05, 3.63) is 28.2 Å². The Bertz CT molecular complexity index is 352. The number of hydrogen-bond acceptors (Lipinski definition) is 2. The second-order valence-corrected chi connectivity index (χ2v) is 5.41. The molecule has 3 heteroatoms. The molecule has 0 saturated carbocycles. The van der Waals surface area contributed by atoms with Crippen molar-refractivity contribution in [3.63, 3.8) is 0 Å². The smallest absolute Gasteiger partial charge is 0.0377 e. The molecule has 0 bridgehead atoms. The van der Waals surface area contributed by atoms with E-state index in [9.17, 15) is 0 Å². The fourth-order valence-corrected chi connectivity index (χ4v) is 2.46. The Balaban J connectivity index is 2.81. The Labute approximate surface area is 114 Å². The minimum atomic E-state index is 0.585. The summed E-state index contributed by atoms with van der Waals surface area (Å²) in [4.78, 5) is 2.34. The highest BCUT2D eigenvalue weighted by atomic mass is 79.9. The molecule has 0 saturated heterocycles. The van der Waals surface area contributed by atoms with Crippen molar-refractivity contribution in [2.75, 3.05) is 19.0 Å². The minimum absolute atomic E-state index is 0.585. The van der Waals surface area contributed by atoms with Gasteiger partial charge in [0.25, 0.3) is 0 Å². The molecule has 0 fully saturated rings. The molecule has 0 aromatic heterocycles. The molecule has 1 unspecified atom stereocenters. The Morgan fingerprint density at radius 2 is 2.12 bits per heavy atom. The van der Waals surface area contributed by atoms with Crippen LogP contribution < -0.4 is 10.2 Å². The number of halogens is 1. The molecule has 1 rings (SSSR count). The van der Waals surface area contributed by atoms with E-state index >= 15 is 0 Å². The van der Waals surface area contributed by atoms with Crippen LogP contribution in [0.4, 0.5) is 5.69 Å². The third-order valence-electron chi connectivity index (χ3n) is 3.18. The van der Waals surface area contributed by atoms with Crippen LogP contribution in [0.1, 0.15) is 32.3 Å². The van der Waals surface area contributed by atoms with Crippen molar-refractivity contribution in [2.24, 2.45) is 0 Å². The van der Waals surface area contributed by atoms with Crippen molar-refractivity contribution in [1.82, 2.24) is 5.32 Å². The van der Waals surface area contributed by atoms with Gasteiger partial charge < -0.3 is 10.2 Å². The van der Waals surface area contributed by atoms with Gasteiger partial charge in [0.05, 0.1) is 0 Å². The first-order valence-corrected chi connectivity index (χ1v) is 7.05. The maximum absolute atomic E-state index is 3.64. The number of nitrogens with one attached hydrogen (secondary N) is 1. The molecule has 0 radical (unpaired) electrons. The summed E-state index contributed by atoms with van der Waals surface area (Å²) in [5.74, 6) is 0. The molecule has 2 nitrogen and oxygen atoms in total. The summed E-state index contributed by atoms with van der Waals surface area (Å²) >= 11 is 3.64. The van der Waals surface area contributed by atoms with Gasteiger partial charge in [-0.2, -0.15) is 0 Å². The van der Waals surface area contributed by atoms with Gasteiger partial charge in [-0.3, -0.25) is 0 Å². The average molecular weight is 299 g/mol. The SMILES string of the molecule is CCCC(C)N(C)c1ccc(CNC)c(Br)c1. The fourth-order valence-electron chi connectivity index (χ4n) is 1.96. The van der Waals surface area contributed by atoms with Crippen LogP contribution in [0.5, 0.6) is 0 Å². The van der Waals surface area contributed by atoms with Crippen molar-refractivity contribution < 1.29 is 0 Å². The zero-order chi connectivity index (χ0) is 12.8. The van der Waals surface area contributed by atoms with Crippen LogP contribution >= 0.6 is 15.9 Å². The first kappa shape index (κ1) is 14.5. The molecule has 0 spiro atoms. The lowest BCUT2D eigenvalue weighted by molar-refractivity contribution is 0.616. The van der Waals surface area contributed by atoms with Gasteiger partial charge in [-0.15, -0.1) is 0 Å². The highest BCUT2D eigenvalue weighted by Gasteiger charge is 2.10. The molecule has 1 atom stereocenters. The summed E-state index contributed by atoms with van der Waals surface area (Å²) in [7, 11) is 4.13. The second kappa shape index (κ2) is 7.02. The van der Waals surface area contributed by atoms with E-state index in [1.54, 1.807) is 0 Å². The minimum Gasteiger partial charge on any atom is -0.372 e. The maximum Gasteiger partial charge on any atom is 0.0377 e. The Kier molecular flexibility index (Phi) is 6.00. The maximum atomic E-state index is 3.64. The summed E-state index contributed by atoms with van der Waals surface area (Å²) in [6.07, 6.45) is 2.46. The zero-order valence-electron chi connectivity index (χ0n) is 11.3. The molecule has 0 aliphatic heterocycles. The molecule has 0 aliphatic carbocycles. The predicted octanol–water partition coefficient (Wildman–Crippen LogP) is 3.79. The molecule has 1 aromatic carbocycles. The zero-order valence-corrected chi connectivity index (χ0v) is 12.8. The third-order valence-corrected chi connectivity index (χ3v) is 3.92. The van der Waals surface area contributed by atoms with Gasteiger partial charge in [-0.05, 0) is 38.1 Å². The van der Waals surface area contributed by atoms with Crippen LogP contribution in [0.25, 0.3) is 0 Å². The summed E-state index contributed by atoms with van der Waals surface area (Å²) in [5, 5.41) is 3.17. The molecule has 1 aromatic rings. The molecule has 0 amide bonds. The monoisotopic (exact) mass is 298 g/mol. The number of anilines is 1. The number of hydrogen-bond donors (Lipinski definition) is 1. The van der Waals surface area contributed by atoms with Crippen molar-refractivity contribution >= 4 is 21.6 Å². The lowest BCUT2D eigenvalue weighted by atomic mass is 10.1. The lowest BCUT2D eigenvalue weighted by Gasteiger charge is -2.27. The van der Waals surface area contributed by atoms with Crippen LogP contribution in [-0.4, -0.2) is 20.1 Å². The topological polar surface area (TPSA) is 15.3 Å². The van der Waals surface area contributed by atoms with Gasteiger partial charge in [0.1, 0.15) is 0 Å². The Morgan fingerprint density at radius 1 is 1.41 bits per heavy atom. The molecule has 96 valence electrons. The summed E-state index contributed by atoms with van der Waals surface area (Å²) in [6, 6.07) is 7.18.